The molecule has 190 valence electrons. The van der Waals surface area contributed by atoms with Gasteiger partial charge in [-0.1, -0.05) is 5.16 Å². The number of anilines is 3. The molecule has 4 heterocycles. The summed E-state index contributed by atoms with van der Waals surface area (Å²) in [5.74, 6) is -0.430. The van der Waals surface area contributed by atoms with Crippen molar-refractivity contribution in [1.82, 2.24) is 25.0 Å². The summed E-state index contributed by atoms with van der Waals surface area (Å²) in [5, 5.41) is 18.0. The minimum atomic E-state index is -4.63. The minimum Gasteiger partial charge on any atom is -0.477 e. The number of alkyl halides is 3. The average Bonchev–Trinajstić information content (AvgIpc) is 3.45. The van der Waals surface area contributed by atoms with Crippen LogP contribution >= 0.6 is 0 Å². The molecule has 3 N–H and O–H groups in total. The van der Waals surface area contributed by atoms with Crippen LogP contribution in [0.5, 0.6) is 5.88 Å². The van der Waals surface area contributed by atoms with Crippen molar-refractivity contribution < 1.29 is 37.1 Å². The third-order valence-corrected chi connectivity index (χ3v) is 5.29. The fourth-order valence-electron chi connectivity index (χ4n) is 3.46. The van der Waals surface area contributed by atoms with E-state index in [1.165, 1.54) is 18.0 Å². The first kappa shape index (κ1) is 24.7. The van der Waals surface area contributed by atoms with Crippen LogP contribution in [0.2, 0.25) is 0 Å². The molecule has 0 unspecified atom stereocenters. The van der Waals surface area contributed by atoms with Crippen molar-refractivity contribution in [3.8, 4) is 5.88 Å². The number of halogens is 3. The summed E-state index contributed by atoms with van der Waals surface area (Å²) in [4.78, 5) is 36.2. The molecule has 1 aliphatic rings. The highest BCUT2D eigenvalue weighted by Gasteiger charge is 2.33. The molecule has 0 spiro atoms. The van der Waals surface area contributed by atoms with Crippen LogP contribution in [0.4, 0.5) is 35.4 Å². The van der Waals surface area contributed by atoms with Crippen molar-refractivity contribution in [3.63, 3.8) is 0 Å². The van der Waals surface area contributed by atoms with E-state index in [2.05, 4.69) is 30.7 Å². The highest BCUT2D eigenvalue weighted by molar-refractivity contribution is 6.08. The monoisotopic (exact) mass is 507 g/mol. The molecule has 0 bridgehead atoms. The molecule has 0 radical (unpaired) electrons. The quantitative estimate of drug-likeness (QED) is 0.432. The number of aromatic nitrogens is 4. The first-order chi connectivity index (χ1) is 17.1. The van der Waals surface area contributed by atoms with Gasteiger partial charge in [-0.05, 0) is 19.4 Å². The van der Waals surface area contributed by atoms with Crippen molar-refractivity contribution >= 4 is 29.4 Å². The number of aryl methyl sites for hydroxylation is 1. The Labute approximate surface area is 201 Å². The third-order valence-electron chi connectivity index (χ3n) is 5.29. The highest BCUT2D eigenvalue weighted by Crippen LogP contribution is 2.28. The molecule has 36 heavy (non-hydrogen) atoms. The van der Waals surface area contributed by atoms with Crippen LogP contribution in [-0.2, 0) is 6.18 Å². The summed E-state index contributed by atoms with van der Waals surface area (Å²) in [6, 6.07) is 3.12. The van der Waals surface area contributed by atoms with Crippen molar-refractivity contribution in [1.29, 1.82) is 0 Å². The maximum absolute atomic E-state index is 12.8. The molecule has 0 aliphatic carbocycles. The van der Waals surface area contributed by atoms with Crippen LogP contribution in [0.3, 0.4) is 0 Å². The maximum atomic E-state index is 12.8. The van der Waals surface area contributed by atoms with Gasteiger partial charge in [0, 0.05) is 25.1 Å². The Hall–Kier alpha value is -4.43. The molecule has 3 aromatic rings. The molecule has 1 atom stereocenters. The van der Waals surface area contributed by atoms with Crippen molar-refractivity contribution in [2.75, 3.05) is 30.3 Å². The average molecular weight is 507 g/mol. The van der Waals surface area contributed by atoms with E-state index in [9.17, 15) is 22.8 Å². The van der Waals surface area contributed by atoms with E-state index < -0.39 is 23.9 Å². The summed E-state index contributed by atoms with van der Waals surface area (Å²) < 4.78 is 48.7. The second kappa shape index (κ2) is 10.1. The molecular weight excluding hydrogens is 487 g/mol. The molecule has 4 rings (SSSR count). The fraction of sp³-hybridized carbons (Fsp3) is 0.333. The van der Waals surface area contributed by atoms with Gasteiger partial charge in [0.1, 0.15) is 5.56 Å². The number of rotatable bonds is 7. The maximum Gasteiger partial charge on any atom is 0.434 e. The Morgan fingerprint density at radius 3 is 2.64 bits per heavy atom. The molecule has 15 heteroatoms. The first-order valence-corrected chi connectivity index (χ1v) is 10.6. The van der Waals surface area contributed by atoms with Crippen LogP contribution in [0.25, 0.3) is 0 Å². The molecule has 0 saturated carbocycles. The van der Waals surface area contributed by atoms with E-state index >= 15 is 0 Å². The Morgan fingerprint density at radius 1 is 1.22 bits per heavy atom. The van der Waals surface area contributed by atoms with Crippen LogP contribution < -0.4 is 15.4 Å². The zero-order valence-corrected chi connectivity index (χ0v) is 18.7. The highest BCUT2D eigenvalue weighted by atomic mass is 19.4. The molecule has 1 aliphatic heterocycles. The summed E-state index contributed by atoms with van der Waals surface area (Å²) >= 11 is 0. The Kier molecular flexibility index (Phi) is 6.89. The Bertz CT molecular complexity index is 1230. The summed E-state index contributed by atoms with van der Waals surface area (Å²) in [7, 11) is 0. The number of ether oxygens (including phenoxy) is 1. The van der Waals surface area contributed by atoms with Gasteiger partial charge in [-0.25, -0.2) is 19.7 Å². The Morgan fingerprint density at radius 2 is 2.03 bits per heavy atom. The third kappa shape index (κ3) is 5.79. The summed E-state index contributed by atoms with van der Waals surface area (Å²) in [5.41, 5.74) is -0.577. The number of carbonyl (C=O) groups excluding carboxylic acids is 1. The lowest BCUT2D eigenvalue weighted by Gasteiger charge is -2.13. The number of carboxylic acid groups (broad SMARTS) is 1. The second-order valence-corrected chi connectivity index (χ2v) is 7.92. The van der Waals surface area contributed by atoms with E-state index in [1.54, 1.807) is 12.1 Å². The lowest BCUT2D eigenvalue weighted by atomic mass is 10.1. The van der Waals surface area contributed by atoms with Crippen LogP contribution in [0, 0.1) is 12.8 Å². The zero-order chi connectivity index (χ0) is 25.9. The van der Waals surface area contributed by atoms with Gasteiger partial charge in [0.2, 0.25) is 11.8 Å². The van der Waals surface area contributed by atoms with E-state index in [0.717, 1.165) is 6.20 Å². The number of hydrogen-bond donors (Lipinski definition) is 3. The van der Waals surface area contributed by atoms with Crippen LogP contribution in [0.15, 0.2) is 35.2 Å². The van der Waals surface area contributed by atoms with Gasteiger partial charge in [-0.3, -0.25) is 4.79 Å². The molecule has 12 nitrogen and oxygen atoms in total. The lowest BCUT2D eigenvalue weighted by Crippen LogP contribution is -2.27. The molecular formula is C21H20F3N7O5. The van der Waals surface area contributed by atoms with Gasteiger partial charge in [0.05, 0.1) is 36.6 Å². The van der Waals surface area contributed by atoms with Gasteiger partial charge in [0.25, 0.3) is 5.91 Å². The predicted octanol–water partition coefficient (Wildman–Crippen LogP) is 3.56. The number of carbonyl (C=O) groups is 2. The topological polar surface area (TPSA) is 156 Å². The number of pyridine rings is 1. The number of nitrogens with one attached hydrogen (secondary N) is 2. The molecule has 1 fully saturated rings. The van der Waals surface area contributed by atoms with Gasteiger partial charge in [-0.2, -0.15) is 13.2 Å². The van der Waals surface area contributed by atoms with Crippen molar-refractivity contribution in [3.05, 3.63) is 47.7 Å². The second-order valence-electron chi connectivity index (χ2n) is 7.92. The van der Waals surface area contributed by atoms with Crippen LogP contribution in [0.1, 0.15) is 28.2 Å². The van der Waals surface area contributed by atoms with Gasteiger partial charge in [-0.15, -0.1) is 0 Å². The van der Waals surface area contributed by atoms with Crippen molar-refractivity contribution in [2.45, 2.75) is 19.5 Å². The van der Waals surface area contributed by atoms with Crippen molar-refractivity contribution in [2.24, 2.45) is 5.92 Å². The van der Waals surface area contributed by atoms with Gasteiger partial charge >= 0.3 is 12.3 Å². The van der Waals surface area contributed by atoms with E-state index in [-0.39, 0.29) is 28.9 Å². The van der Waals surface area contributed by atoms with Gasteiger partial charge in [0.15, 0.2) is 11.5 Å². The zero-order valence-electron chi connectivity index (χ0n) is 18.7. The normalized spacial score (nSPS) is 15.6. The number of hydrogen-bond acceptors (Lipinski definition) is 9. The van der Waals surface area contributed by atoms with E-state index in [0.29, 0.717) is 43.9 Å². The predicted molar refractivity (Wildman–Crippen MR) is 117 cm³/mol. The number of likely N-dealkylation sites (tertiary alicyclic amines) is 1. The fourth-order valence-corrected chi connectivity index (χ4v) is 3.46. The first-order valence-electron chi connectivity index (χ1n) is 10.6. The summed E-state index contributed by atoms with van der Waals surface area (Å²) in [6.07, 6.45) is -2.10. The number of amides is 2. The molecule has 1 saturated heterocycles. The number of nitrogens with zero attached hydrogens (tertiary/aromatic N) is 5. The molecule has 0 aromatic carbocycles. The standard InChI is InChI=1S/C21H20F3N7O5/c1-11-17(19(36-30-11)29-15-8-25-14(7-26-15)21(22,23)24)18(32)28-13-2-3-16(27-6-13)35-10-12-4-5-31(9-12)20(33)34/h2-3,6-8,12H,4-5,9-10H2,1H3,(H,26,29)(H,28,32)(H,33,34)/t12-/m1/s1. The van der Waals surface area contributed by atoms with E-state index in [1.807, 2.05) is 0 Å². The largest absolute Gasteiger partial charge is 0.477 e. The van der Waals surface area contributed by atoms with Gasteiger partial charge < -0.3 is 29.9 Å². The van der Waals surface area contributed by atoms with E-state index in [4.69, 9.17) is 14.4 Å². The summed E-state index contributed by atoms with van der Waals surface area (Å²) in [6.45, 7) is 2.69. The smallest absolute Gasteiger partial charge is 0.434 e. The van der Waals surface area contributed by atoms with Crippen LogP contribution in [-0.4, -0.2) is 61.8 Å². The molecule has 2 amide bonds. The SMILES string of the molecule is Cc1noc(Nc2cnc(C(F)(F)F)cn2)c1C(=O)Nc1ccc(OC[C@@H]2CCN(C(=O)O)C2)nc1. The Balaban J connectivity index is 1.35. The lowest BCUT2D eigenvalue weighted by molar-refractivity contribution is -0.141. The minimum absolute atomic E-state index is 0.0150. The molecule has 3 aromatic heterocycles.